The topological polar surface area (TPSA) is 61.4 Å². The molecule has 1 saturated heterocycles. The molecule has 1 heterocycles. The first-order valence-corrected chi connectivity index (χ1v) is 8.94. The van der Waals surface area contributed by atoms with Gasteiger partial charge in [0, 0.05) is 18.7 Å². The van der Waals surface area contributed by atoms with E-state index in [1.807, 2.05) is 38.1 Å². The lowest BCUT2D eigenvalue weighted by atomic mass is 10.0. The largest absolute Gasteiger partial charge is 0.333 e. The Morgan fingerprint density at radius 2 is 2.12 bits per heavy atom. The minimum atomic E-state index is -0.131. The minimum Gasteiger partial charge on any atom is -0.333 e. The van der Waals surface area contributed by atoms with Crippen LogP contribution in [-0.2, 0) is 9.59 Å². The summed E-state index contributed by atoms with van der Waals surface area (Å²) in [5, 5.41) is 6.23. The minimum absolute atomic E-state index is 0.0867. The zero-order valence-electron chi connectivity index (χ0n) is 14.8. The lowest BCUT2D eigenvalue weighted by Gasteiger charge is -2.22. The molecule has 0 radical (unpaired) electrons. The Labute approximate surface area is 144 Å². The number of carbonyl (C=O) groups is 2. The molecule has 5 nitrogen and oxygen atoms in total. The van der Waals surface area contributed by atoms with Crippen molar-refractivity contribution in [2.24, 2.45) is 5.92 Å². The van der Waals surface area contributed by atoms with E-state index in [4.69, 9.17) is 0 Å². The number of nitrogens with one attached hydrogen (secondary N) is 2. The highest BCUT2D eigenvalue weighted by Gasteiger charge is 2.20. The van der Waals surface area contributed by atoms with Crippen molar-refractivity contribution in [2.75, 3.05) is 31.5 Å². The van der Waals surface area contributed by atoms with E-state index in [1.165, 1.54) is 0 Å². The van der Waals surface area contributed by atoms with E-state index in [2.05, 4.69) is 10.6 Å². The number of benzene rings is 1. The summed E-state index contributed by atoms with van der Waals surface area (Å²) >= 11 is 0. The molecule has 1 atom stereocenters. The Balaban J connectivity index is 1.85. The van der Waals surface area contributed by atoms with E-state index >= 15 is 0 Å². The van der Waals surface area contributed by atoms with Crippen molar-refractivity contribution in [3.63, 3.8) is 0 Å². The molecule has 5 heteroatoms. The van der Waals surface area contributed by atoms with Crippen molar-refractivity contribution in [1.29, 1.82) is 0 Å². The second-order valence-electron chi connectivity index (χ2n) is 6.58. The molecule has 1 aliphatic rings. The van der Waals surface area contributed by atoms with Gasteiger partial charge < -0.3 is 15.5 Å². The molecule has 0 spiro atoms. The van der Waals surface area contributed by atoms with Crippen LogP contribution in [0.3, 0.4) is 0 Å². The van der Waals surface area contributed by atoms with Gasteiger partial charge in [0.15, 0.2) is 0 Å². The van der Waals surface area contributed by atoms with Crippen molar-refractivity contribution in [1.82, 2.24) is 10.2 Å². The highest BCUT2D eigenvalue weighted by Crippen LogP contribution is 2.16. The molecule has 132 valence electrons. The Kier molecular flexibility index (Phi) is 7.25. The SMILES string of the molecule is CCCN(CC(=O)Nc1ccccc1C)C(=O)CCC1CCNC1. The second kappa shape index (κ2) is 9.42. The number of hydrogen-bond acceptors (Lipinski definition) is 3. The molecule has 24 heavy (non-hydrogen) atoms. The van der Waals surface area contributed by atoms with E-state index in [-0.39, 0.29) is 18.4 Å². The number of hydrogen-bond donors (Lipinski definition) is 2. The fourth-order valence-electron chi connectivity index (χ4n) is 3.08. The van der Waals surface area contributed by atoms with E-state index in [0.717, 1.165) is 43.6 Å². The van der Waals surface area contributed by atoms with Crippen LogP contribution in [0.15, 0.2) is 24.3 Å². The molecule has 0 aromatic heterocycles. The third kappa shape index (κ3) is 5.64. The van der Waals surface area contributed by atoms with Gasteiger partial charge >= 0.3 is 0 Å². The van der Waals surface area contributed by atoms with Crippen LogP contribution in [0.2, 0.25) is 0 Å². The maximum Gasteiger partial charge on any atom is 0.244 e. The average Bonchev–Trinajstić information content (AvgIpc) is 3.08. The van der Waals surface area contributed by atoms with Gasteiger partial charge in [0.2, 0.25) is 11.8 Å². The molecule has 0 bridgehead atoms. The molecule has 2 rings (SSSR count). The van der Waals surface area contributed by atoms with Crippen LogP contribution >= 0.6 is 0 Å². The fraction of sp³-hybridized carbons (Fsp3) is 0.579. The predicted octanol–water partition coefficient (Wildman–Crippen LogP) is 2.56. The summed E-state index contributed by atoms with van der Waals surface area (Å²) in [6.07, 6.45) is 3.44. The molecule has 2 amide bonds. The summed E-state index contributed by atoms with van der Waals surface area (Å²) in [5.74, 6) is 0.551. The smallest absolute Gasteiger partial charge is 0.244 e. The molecule has 1 unspecified atom stereocenters. The quantitative estimate of drug-likeness (QED) is 0.769. The first-order valence-electron chi connectivity index (χ1n) is 8.94. The van der Waals surface area contributed by atoms with Crippen molar-refractivity contribution in [3.8, 4) is 0 Å². The van der Waals surface area contributed by atoms with Gasteiger partial charge in [0.05, 0.1) is 6.54 Å². The number of aryl methyl sites for hydroxylation is 1. The number of para-hydroxylation sites is 1. The Bertz CT molecular complexity index is 553. The van der Waals surface area contributed by atoms with Gasteiger partial charge in [0.1, 0.15) is 0 Å². The molecule has 1 aliphatic heterocycles. The molecule has 0 saturated carbocycles. The number of amides is 2. The van der Waals surface area contributed by atoms with Crippen LogP contribution in [0.1, 0.15) is 38.2 Å². The Morgan fingerprint density at radius 3 is 2.79 bits per heavy atom. The van der Waals surface area contributed by atoms with Crippen LogP contribution in [-0.4, -0.2) is 42.9 Å². The standard InChI is InChI=1S/C19H29N3O2/c1-3-12-22(19(24)9-8-16-10-11-20-13-16)14-18(23)21-17-7-5-4-6-15(17)2/h4-7,16,20H,3,8-14H2,1-2H3,(H,21,23). The summed E-state index contributed by atoms with van der Waals surface area (Å²) in [5.41, 5.74) is 1.83. The number of nitrogens with zero attached hydrogens (tertiary/aromatic N) is 1. The number of anilines is 1. The number of rotatable bonds is 8. The molecule has 0 aliphatic carbocycles. The van der Waals surface area contributed by atoms with Gasteiger partial charge in [-0.1, -0.05) is 25.1 Å². The zero-order valence-corrected chi connectivity index (χ0v) is 14.8. The van der Waals surface area contributed by atoms with Crippen LogP contribution in [0.4, 0.5) is 5.69 Å². The van der Waals surface area contributed by atoms with Crippen molar-refractivity contribution in [3.05, 3.63) is 29.8 Å². The highest BCUT2D eigenvalue weighted by atomic mass is 16.2. The molecule has 1 aromatic rings. The zero-order chi connectivity index (χ0) is 17.4. The van der Waals surface area contributed by atoms with Crippen molar-refractivity contribution in [2.45, 2.75) is 39.5 Å². The van der Waals surface area contributed by atoms with Gasteiger partial charge in [-0.05, 0) is 56.8 Å². The third-order valence-electron chi connectivity index (χ3n) is 4.53. The van der Waals surface area contributed by atoms with Crippen molar-refractivity contribution >= 4 is 17.5 Å². The maximum atomic E-state index is 12.5. The van der Waals surface area contributed by atoms with Crippen molar-refractivity contribution < 1.29 is 9.59 Å². The molecular weight excluding hydrogens is 302 g/mol. The first-order chi connectivity index (χ1) is 11.6. The van der Waals surface area contributed by atoms with E-state index < -0.39 is 0 Å². The van der Waals surface area contributed by atoms with Gasteiger partial charge in [-0.25, -0.2) is 0 Å². The molecule has 2 N–H and O–H groups in total. The fourth-order valence-corrected chi connectivity index (χ4v) is 3.08. The van der Waals surface area contributed by atoms with E-state index in [1.54, 1.807) is 4.90 Å². The van der Waals surface area contributed by atoms with Gasteiger partial charge in [0.25, 0.3) is 0 Å². The lowest BCUT2D eigenvalue weighted by Crippen LogP contribution is -2.38. The highest BCUT2D eigenvalue weighted by molar-refractivity contribution is 5.95. The van der Waals surface area contributed by atoms with Crippen LogP contribution in [0, 0.1) is 12.8 Å². The van der Waals surface area contributed by atoms with Gasteiger partial charge in [-0.15, -0.1) is 0 Å². The lowest BCUT2D eigenvalue weighted by molar-refractivity contribution is -0.135. The summed E-state index contributed by atoms with van der Waals surface area (Å²) in [4.78, 5) is 26.5. The first kappa shape index (κ1) is 18.5. The summed E-state index contributed by atoms with van der Waals surface area (Å²) in [6.45, 7) is 6.80. The predicted molar refractivity (Wildman–Crippen MR) is 96.9 cm³/mol. The summed E-state index contributed by atoms with van der Waals surface area (Å²) in [7, 11) is 0. The average molecular weight is 331 g/mol. The van der Waals surface area contributed by atoms with Crippen LogP contribution in [0.25, 0.3) is 0 Å². The molecule has 1 aromatic carbocycles. The number of carbonyl (C=O) groups excluding carboxylic acids is 2. The monoisotopic (exact) mass is 331 g/mol. The van der Waals surface area contributed by atoms with Gasteiger partial charge in [-0.3, -0.25) is 9.59 Å². The normalized spacial score (nSPS) is 16.8. The van der Waals surface area contributed by atoms with Crippen LogP contribution in [0.5, 0.6) is 0 Å². The Morgan fingerprint density at radius 1 is 1.33 bits per heavy atom. The Hall–Kier alpha value is -1.88. The third-order valence-corrected chi connectivity index (χ3v) is 4.53. The van der Waals surface area contributed by atoms with E-state index in [9.17, 15) is 9.59 Å². The summed E-state index contributed by atoms with van der Waals surface area (Å²) in [6, 6.07) is 7.68. The van der Waals surface area contributed by atoms with E-state index in [0.29, 0.717) is 18.9 Å². The molecular formula is C19H29N3O2. The summed E-state index contributed by atoms with van der Waals surface area (Å²) < 4.78 is 0. The maximum absolute atomic E-state index is 12.5. The second-order valence-corrected chi connectivity index (χ2v) is 6.58. The van der Waals surface area contributed by atoms with Crippen LogP contribution < -0.4 is 10.6 Å². The molecule has 1 fully saturated rings. The van der Waals surface area contributed by atoms with Gasteiger partial charge in [-0.2, -0.15) is 0 Å².